The molecule has 0 aliphatic rings. The molecule has 0 aliphatic carbocycles. The summed E-state index contributed by atoms with van der Waals surface area (Å²) in [6, 6.07) is 13.5. The second-order valence-electron chi connectivity index (χ2n) is 6.29. The van der Waals surface area contributed by atoms with Gasteiger partial charge in [0.1, 0.15) is 6.61 Å². The molecule has 158 valence electrons. The van der Waals surface area contributed by atoms with Gasteiger partial charge in [-0.15, -0.1) is 27.0 Å². The topological polar surface area (TPSA) is 78.9 Å². The monoisotopic (exact) mass is 457 g/mol. The van der Waals surface area contributed by atoms with Crippen molar-refractivity contribution in [1.29, 1.82) is 0 Å². The second kappa shape index (κ2) is 9.76. The van der Waals surface area contributed by atoms with Gasteiger partial charge in [-0.25, -0.2) is 4.39 Å². The molecule has 0 saturated carbocycles. The summed E-state index contributed by atoms with van der Waals surface area (Å²) in [6.45, 7) is 4.32. The predicted octanol–water partition coefficient (Wildman–Crippen LogP) is 5.18. The molecular formula is C21H17ClFN5O2S. The van der Waals surface area contributed by atoms with Crippen molar-refractivity contribution in [1.82, 2.24) is 25.0 Å². The van der Waals surface area contributed by atoms with Crippen LogP contribution in [0.1, 0.15) is 11.7 Å². The van der Waals surface area contributed by atoms with Gasteiger partial charge in [-0.1, -0.05) is 53.7 Å². The molecule has 0 spiro atoms. The highest BCUT2D eigenvalue weighted by Crippen LogP contribution is 2.28. The Balaban J connectivity index is 1.45. The minimum Gasteiger partial charge on any atom is -0.483 e. The number of nitrogens with zero attached hydrogens (tertiary/aromatic N) is 5. The summed E-state index contributed by atoms with van der Waals surface area (Å²) in [4.78, 5) is 0. The lowest BCUT2D eigenvalue weighted by atomic mass is 10.2. The zero-order chi connectivity index (χ0) is 21.6. The van der Waals surface area contributed by atoms with Crippen molar-refractivity contribution in [2.45, 2.75) is 24.1 Å². The standard InChI is InChI=1S/C21H17ClFN5O2S/c1-2-11-28-18(12-29-17-10-6-5-9-16(17)23)24-27-21(28)31-13-19-25-26-20(30-19)14-7-3-4-8-15(14)22/h2-10H,1,11-13H2. The molecule has 0 N–H and O–H groups in total. The first-order valence-corrected chi connectivity index (χ1v) is 10.6. The number of thioether (sulfide) groups is 1. The highest BCUT2D eigenvalue weighted by Gasteiger charge is 2.16. The van der Waals surface area contributed by atoms with Crippen LogP contribution in [0.5, 0.6) is 5.75 Å². The van der Waals surface area contributed by atoms with Crippen LogP contribution in [0, 0.1) is 5.82 Å². The highest BCUT2D eigenvalue weighted by atomic mass is 35.5. The van der Waals surface area contributed by atoms with E-state index in [9.17, 15) is 4.39 Å². The van der Waals surface area contributed by atoms with Crippen LogP contribution in [0.3, 0.4) is 0 Å². The molecule has 2 aromatic heterocycles. The fourth-order valence-corrected chi connectivity index (χ4v) is 3.75. The Kier molecular flexibility index (Phi) is 6.63. The van der Waals surface area contributed by atoms with Crippen LogP contribution in [-0.2, 0) is 18.9 Å². The third kappa shape index (κ3) is 4.95. The highest BCUT2D eigenvalue weighted by molar-refractivity contribution is 7.98. The fraction of sp³-hybridized carbons (Fsp3) is 0.143. The van der Waals surface area contributed by atoms with E-state index in [1.54, 1.807) is 30.3 Å². The maximum absolute atomic E-state index is 13.8. The molecule has 0 atom stereocenters. The largest absolute Gasteiger partial charge is 0.483 e. The van der Waals surface area contributed by atoms with Gasteiger partial charge in [0.2, 0.25) is 11.8 Å². The summed E-state index contributed by atoms with van der Waals surface area (Å²) in [5, 5.41) is 17.7. The Morgan fingerprint density at radius 2 is 1.90 bits per heavy atom. The summed E-state index contributed by atoms with van der Waals surface area (Å²) in [5.74, 6) is 1.44. The van der Waals surface area contributed by atoms with Gasteiger partial charge < -0.3 is 9.15 Å². The average Bonchev–Trinajstić information content (AvgIpc) is 3.39. The Morgan fingerprint density at radius 3 is 2.71 bits per heavy atom. The Bertz CT molecular complexity index is 1200. The van der Waals surface area contributed by atoms with Crippen LogP contribution in [0.2, 0.25) is 5.02 Å². The number of allylic oxidation sites excluding steroid dienone is 1. The second-order valence-corrected chi connectivity index (χ2v) is 7.64. The normalized spacial score (nSPS) is 10.9. The lowest BCUT2D eigenvalue weighted by molar-refractivity contribution is 0.275. The summed E-state index contributed by atoms with van der Waals surface area (Å²) >= 11 is 7.56. The Labute approximate surface area is 186 Å². The summed E-state index contributed by atoms with van der Waals surface area (Å²) < 4.78 is 26.9. The first-order valence-electron chi connectivity index (χ1n) is 9.26. The van der Waals surface area contributed by atoms with Crippen molar-refractivity contribution in [2.24, 2.45) is 0 Å². The van der Waals surface area contributed by atoms with Crippen LogP contribution in [0.25, 0.3) is 11.5 Å². The van der Waals surface area contributed by atoms with E-state index in [1.165, 1.54) is 17.8 Å². The molecule has 31 heavy (non-hydrogen) atoms. The SMILES string of the molecule is C=CCn1c(COc2ccccc2F)nnc1SCc1nnc(-c2ccccc2Cl)o1. The van der Waals surface area contributed by atoms with Crippen molar-refractivity contribution >= 4 is 23.4 Å². The van der Waals surface area contributed by atoms with E-state index in [4.69, 9.17) is 20.8 Å². The number of rotatable bonds is 9. The number of hydrogen-bond acceptors (Lipinski definition) is 7. The average molecular weight is 458 g/mol. The van der Waals surface area contributed by atoms with Crippen LogP contribution in [0.15, 0.2) is 70.8 Å². The van der Waals surface area contributed by atoms with E-state index in [1.807, 2.05) is 22.8 Å². The number of benzene rings is 2. The Morgan fingerprint density at radius 1 is 1.10 bits per heavy atom. The molecule has 0 saturated heterocycles. The van der Waals surface area contributed by atoms with Crippen molar-refractivity contribution in [2.75, 3.05) is 0 Å². The number of hydrogen-bond donors (Lipinski definition) is 0. The molecule has 4 rings (SSSR count). The predicted molar refractivity (Wildman–Crippen MR) is 115 cm³/mol. The molecule has 2 heterocycles. The van der Waals surface area contributed by atoms with E-state index in [0.717, 1.165) is 0 Å². The van der Waals surface area contributed by atoms with Crippen LogP contribution in [-0.4, -0.2) is 25.0 Å². The first-order chi connectivity index (χ1) is 15.2. The molecule has 7 nitrogen and oxygen atoms in total. The minimum atomic E-state index is -0.433. The first kappa shape index (κ1) is 21.1. The zero-order valence-electron chi connectivity index (χ0n) is 16.2. The van der Waals surface area contributed by atoms with Gasteiger partial charge in [-0.2, -0.15) is 0 Å². The van der Waals surface area contributed by atoms with Crippen LogP contribution >= 0.6 is 23.4 Å². The van der Waals surface area contributed by atoms with E-state index in [0.29, 0.717) is 45.6 Å². The minimum absolute atomic E-state index is 0.0690. The van der Waals surface area contributed by atoms with Crippen molar-refractivity contribution in [3.63, 3.8) is 0 Å². The van der Waals surface area contributed by atoms with Gasteiger partial charge in [0.05, 0.1) is 16.3 Å². The van der Waals surface area contributed by atoms with Crippen molar-refractivity contribution in [3.8, 4) is 17.2 Å². The number of aromatic nitrogens is 5. The van der Waals surface area contributed by atoms with Gasteiger partial charge in [0, 0.05) is 6.54 Å². The summed E-state index contributed by atoms with van der Waals surface area (Å²) in [5.41, 5.74) is 0.676. The van der Waals surface area contributed by atoms with Crippen molar-refractivity contribution in [3.05, 3.63) is 83.7 Å². The fourth-order valence-electron chi connectivity index (χ4n) is 2.73. The van der Waals surface area contributed by atoms with Gasteiger partial charge in [-0.05, 0) is 24.3 Å². The van der Waals surface area contributed by atoms with E-state index in [-0.39, 0.29) is 12.4 Å². The molecule has 0 fully saturated rings. The molecular weight excluding hydrogens is 441 g/mol. The maximum atomic E-state index is 13.8. The summed E-state index contributed by atoms with van der Waals surface area (Å²) in [7, 11) is 0. The Hall–Kier alpha value is -3.17. The van der Waals surface area contributed by atoms with Gasteiger partial charge in [0.25, 0.3) is 0 Å². The quantitative estimate of drug-likeness (QED) is 0.253. The summed E-state index contributed by atoms with van der Waals surface area (Å²) in [6.07, 6.45) is 1.72. The van der Waals surface area contributed by atoms with E-state index < -0.39 is 5.82 Å². The zero-order valence-corrected chi connectivity index (χ0v) is 17.8. The molecule has 2 aromatic carbocycles. The van der Waals surface area contributed by atoms with Crippen LogP contribution in [0.4, 0.5) is 4.39 Å². The third-order valence-electron chi connectivity index (χ3n) is 4.19. The molecule has 0 amide bonds. The number of para-hydroxylation sites is 1. The molecule has 0 bridgehead atoms. The van der Waals surface area contributed by atoms with E-state index in [2.05, 4.69) is 27.0 Å². The molecule has 4 aromatic rings. The molecule has 0 unspecified atom stereocenters. The van der Waals surface area contributed by atoms with E-state index >= 15 is 0 Å². The van der Waals surface area contributed by atoms with Gasteiger partial charge >= 0.3 is 0 Å². The maximum Gasteiger partial charge on any atom is 0.249 e. The smallest absolute Gasteiger partial charge is 0.249 e. The van der Waals surface area contributed by atoms with Crippen molar-refractivity contribution < 1.29 is 13.5 Å². The van der Waals surface area contributed by atoms with Crippen LogP contribution < -0.4 is 4.74 Å². The molecule has 10 heteroatoms. The number of ether oxygens (including phenoxy) is 1. The molecule has 0 aliphatic heterocycles. The third-order valence-corrected chi connectivity index (χ3v) is 5.48. The lowest BCUT2D eigenvalue weighted by Gasteiger charge is -2.09. The lowest BCUT2D eigenvalue weighted by Crippen LogP contribution is -2.08. The number of halogens is 2. The van der Waals surface area contributed by atoms with Gasteiger partial charge in [-0.3, -0.25) is 4.57 Å². The van der Waals surface area contributed by atoms with Gasteiger partial charge in [0.15, 0.2) is 22.5 Å². The molecule has 0 radical (unpaired) electrons.